The summed E-state index contributed by atoms with van der Waals surface area (Å²) in [5.74, 6) is 0. The molecule has 8 nitrogen and oxygen atoms in total. The standard InChI is InChI=1S/C36H34N8/c1-2-3-12-28(44-24-27(38-40-44)23-43-35-19-10-6-15-31(35)32-16-7-11-20-36(32)43)25-41-21-26(37-39-41)22-42-33-17-8-4-13-29(33)30-14-5-9-18-34(30)42/h4-11,13-21,24,28H,2-3,12,22-23,25H2,1H3. The van der Waals surface area contributed by atoms with Crippen molar-refractivity contribution in [1.29, 1.82) is 0 Å². The van der Waals surface area contributed by atoms with Crippen LogP contribution in [0.5, 0.6) is 0 Å². The van der Waals surface area contributed by atoms with E-state index in [-0.39, 0.29) is 6.04 Å². The van der Waals surface area contributed by atoms with Crippen molar-refractivity contribution in [2.24, 2.45) is 0 Å². The lowest BCUT2D eigenvalue weighted by atomic mass is 10.1. The molecule has 0 amide bonds. The fourth-order valence-corrected chi connectivity index (χ4v) is 6.70. The molecule has 0 N–H and O–H groups in total. The van der Waals surface area contributed by atoms with E-state index in [1.54, 1.807) is 0 Å². The number of unbranched alkanes of at least 4 members (excludes halogenated alkanes) is 1. The minimum Gasteiger partial charge on any atom is -0.334 e. The van der Waals surface area contributed by atoms with Gasteiger partial charge in [-0.1, -0.05) is 103 Å². The largest absolute Gasteiger partial charge is 0.334 e. The van der Waals surface area contributed by atoms with Crippen LogP contribution in [0.3, 0.4) is 0 Å². The first-order valence-corrected chi connectivity index (χ1v) is 15.5. The molecule has 4 aromatic heterocycles. The van der Waals surface area contributed by atoms with Crippen LogP contribution in [0.1, 0.15) is 43.6 Å². The fourth-order valence-electron chi connectivity index (χ4n) is 6.70. The molecule has 44 heavy (non-hydrogen) atoms. The van der Waals surface area contributed by atoms with Gasteiger partial charge >= 0.3 is 0 Å². The maximum Gasteiger partial charge on any atom is 0.102 e. The van der Waals surface area contributed by atoms with Crippen LogP contribution < -0.4 is 0 Å². The third kappa shape index (κ3) is 4.63. The Balaban J connectivity index is 1.05. The quantitative estimate of drug-likeness (QED) is 0.167. The average Bonchev–Trinajstić information content (AvgIpc) is 3.86. The zero-order chi connectivity index (χ0) is 29.5. The molecule has 8 rings (SSSR count). The summed E-state index contributed by atoms with van der Waals surface area (Å²) in [4.78, 5) is 0. The molecule has 0 fully saturated rings. The predicted octanol–water partition coefficient (Wildman–Crippen LogP) is 7.61. The van der Waals surface area contributed by atoms with Gasteiger partial charge in [0.1, 0.15) is 11.4 Å². The molecule has 1 atom stereocenters. The highest BCUT2D eigenvalue weighted by atomic mass is 15.5. The zero-order valence-corrected chi connectivity index (χ0v) is 24.8. The van der Waals surface area contributed by atoms with Crippen LogP contribution in [0.2, 0.25) is 0 Å². The number of hydrogen-bond donors (Lipinski definition) is 0. The van der Waals surface area contributed by atoms with Gasteiger partial charge in [-0.2, -0.15) is 0 Å². The number of fused-ring (bicyclic) bond motifs is 6. The number of aromatic nitrogens is 8. The van der Waals surface area contributed by atoms with Crippen molar-refractivity contribution in [2.75, 3.05) is 0 Å². The fraction of sp³-hybridized carbons (Fsp3) is 0.222. The van der Waals surface area contributed by atoms with Crippen molar-refractivity contribution in [3.63, 3.8) is 0 Å². The minimum atomic E-state index is 0.136. The Morgan fingerprint density at radius 1 is 0.568 bits per heavy atom. The highest BCUT2D eigenvalue weighted by Crippen LogP contribution is 2.31. The van der Waals surface area contributed by atoms with Crippen LogP contribution in [-0.2, 0) is 19.6 Å². The lowest BCUT2D eigenvalue weighted by molar-refractivity contribution is 0.339. The molecule has 0 bridgehead atoms. The topological polar surface area (TPSA) is 71.3 Å². The van der Waals surface area contributed by atoms with E-state index < -0.39 is 0 Å². The monoisotopic (exact) mass is 578 g/mol. The van der Waals surface area contributed by atoms with E-state index in [0.29, 0.717) is 19.6 Å². The van der Waals surface area contributed by atoms with Gasteiger partial charge in [0, 0.05) is 43.6 Å². The molecule has 8 heteroatoms. The molecule has 0 aliphatic rings. The third-order valence-electron chi connectivity index (χ3n) is 8.81. The summed E-state index contributed by atoms with van der Waals surface area (Å²) in [5.41, 5.74) is 6.73. The zero-order valence-electron chi connectivity index (χ0n) is 24.8. The van der Waals surface area contributed by atoms with Gasteiger partial charge in [-0.15, -0.1) is 10.2 Å². The normalized spacial score (nSPS) is 12.7. The van der Waals surface area contributed by atoms with Crippen molar-refractivity contribution >= 4 is 43.6 Å². The summed E-state index contributed by atoms with van der Waals surface area (Å²) in [5, 5.41) is 23.5. The Kier molecular flexibility index (Phi) is 6.67. The second-order valence-electron chi connectivity index (χ2n) is 11.7. The van der Waals surface area contributed by atoms with E-state index in [0.717, 1.165) is 30.7 Å². The van der Waals surface area contributed by atoms with Crippen molar-refractivity contribution in [2.45, 2.75) is 51.9 Å². The van der Waals surface area contributed by atoms with E-state index in [4.69, 9.17) is 0 Å². The van der Waals surface area contributed by atoms with Crippen LogP contribution >= 0.6 is 0 Å². The molecule has 4 heterocycles. The van der Waals surface area contributed by atoms with Crippen molar-refractivity contribution in [1.82, 2.24) is 39.1 Å². The summed E-state index contributed by atoms with van der Waals surface area (Å²) in [6, 6.07) is 34.4. The molecule has 0 aliphatic carbocycles. The van der Waals surface area contributed by atoms with Crippen molar-refractivity contribution < 1.29 is 0 Å². The molecule has 0 radical (unpaired) electrons. The molecule has 0 aliphatic heterocycles. The first kappa shape index (κ1) is 26.4. The lowest BCUT2D eigenvalue weighted by Gasteiger charge is -2.16. The van der Waals surface area contributed by atoms with Gasteiger partial charge in [0.2, 0.25) is 0 Å². The smallest absolute Gasteiger partial charge is 0.102 e. The van der Waals surface area contributed by atoms with E-state index in [1.165, 1.54) is 43.6 Å². The summed E-state index contributed by atoms with van der Waals surface area (Å²) in [7, 11) is 0. The number of para-hydroxylation sites is 4. The van der Waals surface area contributed by atoms with E-state index >= 15 is 0 Å². The number of benzene rings is 4. The second kappa shape index (κ2) is 11.1. The molecule has 8 aromatic rings. The maximum atomic E-state index is 4.63. The van der Waals surface area contributed by atoms with Gasteiger partial charge in [-0.25, -0.2) is 4.68 Å². The molecular formula is C36H34N8. The molecule has 1 unspecified atom stereocenters. The summed E-state index contributed by atoms with van der Waals surface area (Å²) >= 11 is 0. The SMILES string of the molecule is CCCCC(Cn1cc(Cn2c3ccccc3c3ccccc32)nn1)n1cc(Cn2c3ccccc3c3ccccc32)nn1. The highest BCUT2D eigenvalue weighted by Gasteiger charge is 2.18. The van der Waals surface area contributed by atoms with Gasteiger partial charge in [-0.05, 0) is 30.7 Å². The Morgan fingerprint density at radius 2 is 1.02 bits per heavy atom. The molecule has 0 spiro atoms. The van der Waals surface area contributed by atoms with Gasteiger partial charge in [0.25, 0.3) is 0 Å². The van der Waals surface area contributed by atoms with E-state index in [9.17, 15) is 0 Å². The Labute approximate surface area is 255 Å². The maximum absolute atomic E-state index is 4.63. The number of rotatable bonds is 10. The van der Waals surface area contributed by atoms with E-state index in [1.807, 2.05) is 9.36 Å². The predicted molar refractivity (Wildman–Crippen MR) is 176 cm³/mol. The molecule has 4 aromatic carbocycles. The summed E-state index contributed by atoms with van der Waals surface area (Å²) in [6.07, 6.45) is 7.42. The number of nitrogens with zero attached hydrogens (tertiary/aromatic N) is 8. The Bertz CT molecular complexity index is 2120. The van der Waals surface area contributed by atoms with E-state index in [2.05, 4.69) is 146 Å². The van der Waals surface area contributed by atoms with Crippen LogP contribution in [-0.4, -0.2) is 39.1 Å². The molecule has 0 saturated heterocycles. The van der Waals surface area contributed by atoms with Crippen molar-refractivity contribution in [3.05, 3.63) is 121 Å². The van der Waals surface area contributed by atoms with Gasteiger partial charge in [0.05, 0.1) is 38.1 Å². The molecule has 218 valence electrons. The first-order chi connectivity index (χ1) is 21.8. The summed E-state index contributed by atoms with van der Waals surface area (Å²) in [6.45, 7) is 4.25. The van der Waals surface area contributed by atoms with Crippen molar-refractivity contribution in [3.8, 4) is 0 Å². The van der Waals surface area contributed by atoms with Crippen LogP contribution in [0.4, 0.5) is 0 Å². The molecular weight excluding hydrogens is 544 g/mol. The van der Waals surface area contributed by atoms with Gasteiger partial charge < -0.3 is 9.13 Å². The highest BCUT2D eigenvalue weighted by molar-refractivity contribution is 6.08. The summed E-state index contributed by atoms with van der Waals surface area (Å²) < 4.78 is 8.69. The Hall–Kier alpha value is -5.24. The van der Waals surface area contributed by atoms with Crippen LogP contribution in [0, 0.1) is 0 Å². The van der Waals surface area contributed by atoms with Crippen LogP contribution in [0.25, 0.3) is 43.6 Å². The molecule has 0 saturated carbocycles. The second-order valence-corrected chi connectivity index (χ2v) is 11.7. The Morgan fingerprint density at radius 3 is 1.52 bits per heavy atom. The lowest BCUT2D eigenvalue weighted by Crippen LogP contribution is -2.17. The minimum absolute atomic E-state index is 0.136. The van der Waals surface area contributed by atoms with Gasteiger partial charge in [0.15, 0.2) is 0 Å². The number of hydrogen-bond acceptors (Lipinski definition) is 4. The average molecular weight is 579 g/mol. The first-order valence-electron chi connectivity index (χ1n) is 15.5. The van der Waals surface area contributed by atoms with Crippen LogP contribution in [0.15, 0.2) is 109 Å². The third-order valence-corrected chi connectivity index (χ3v) is 8.81. The van der Waals surface area contributed by atoms with Gasteiger partial charge in [-0.3, -0.25) is 4.68 Å².